The molecule has 2 aliphatic carbocycles. The Morgan fingerprint density at radius 2 is 2.33 bits per heavy atom. The van der Waals surface area contributed by atoms with Gasteiger partial charge in [0, 0.05) is 0 Å². The van der Waals surface area contributed by atoms with Crippen LogP contribution in [0.2, 0.25) is 0 Å². The number of allylic oxidation sites excluding steroid dienone is 3. The summed E-state index contributed by atoms with van der Waals surface area (Å²) in [7, 11) is 0. The molecule has 0 aromatic carbocycles. The third-order valence-corrected chi connectivity index (χ3v) is 2.96. The van der Waals surface area contributed by atoms with Crippen molar-refractivity contribution >= 4 is 0 Å². The van der Waals surface area contributed by atoms with Gasteiger partial charge in [-0.2, -0.15) is 0 Å². The Morgan fingerprint density at radius 3 is 2.92 bits per heavy atom. The summed E-state index contributed by atoms with van der Waals surface area (Å²) in [5.74, 6) is 2.48. The molecule has 3 atom stereocenters. The second kappa shape index (κ2) is 3.34. The number of hydrogen-bond acceptors (Lipinski definition) is 1. The van der Waals surface area contributed by atoms with E-state index in [0.717, 1.165) is 24.4 Å². The maximum atomic E-state index is 5.40. The fourth-order valence-electron chi connectivity index (χ4n) is 2.36. The van der Waals surface area contributed by atoms with Gasteiger partial charge in [0.15, 0.2) is 0 Å². The highest BCUT2D eigenvalue weighted by molar-refractivity contribution is 5.10. The van der Waals surface area contributed by atoms with Crippen LogP contribution in [-0.2, 0) is 4.74 Å². The molecule has 2 aliphatic rings. The highest BCUT2D eigenvalue weighted by Gasteiger charge is 2.35. The van der Waals surface area contributed by atoms with Crippen molar-refractivity contribution in [3.05, 3.63) is 24.5 Å². The van der Waals surface area contributed by atoms with E-state index in [2.05, 4.69) is 12.2 Å². The lowest BCUT2D eigenvalue weighted by molar-refractivity contribution is 0.178. The Kier molecular flexibility index (Phi) is 2.20. The van der Waals surface area contributed by atoms with Crippen LogP contribution in [0.25, 0.3) is 0 Å². The Balaban J connectivity index is 1.80. The van der Waals surface area contributed by atoms with Gasteiger partial charge in [-0.1, -0.05) is 18.2 Å². The molecule has 0 spiro atoms. The van der Waals surface area contributed by atoms with E-state index < -0.39 is 0 Å². The molecule has 2 rings (SSSR count). The zero-order valence-electron chi connectivity index (χ0n) is 7.57. The minimum atomic E-state index is 0.788. The molecule has 3 unspecified atom stereocenters. The van der Waals surface area contributed by atoms with E-state index >= 15 is 0 Å². The molecular formula is C11H16O. The third kappa shape index (κ3) is 1.40. The van der Waals surface area contributed by atoms with Crippen molar-refractivity contribution in [1.29, 1.82) is 0 Å². The molecule has 12 heavy (non-hydrogen) atoms. The van der Waals surface area contributed by atoms with Crippen LogP contribution in [0.15, 0.2) is 24.5 Å². The van der Waals surface area contributed by atoms with Crippen LogP contribution in [0.3, 0.4) is 0 Å². The predicted molar refractivity (Wildman–Crippen MR) is 49.6 cm³/mol. The summed E-state index contributed by atoms with van der Waals surface area (Å²) in [6.07, 6.45) is 11.2. The first kappa shape index (κ1) is 7.90. The van der Waals surface area contributed by atoms with Crippen LogP contribution in [0.5, 0.6) is 0 Å². The maximum Gasteiger partial charge on any atom is 0.0907 e. The lowest BCUT2D eigenvalue weighted by atomic mass is 9.95. The summed E-state index contributed by atoms with van der Waals surface area (Å²) >= 11 is 0. The molecule has 1 fully saturated rings. The van der Waals surface area contributed by atoms with Crippen molar-refractivity contribution in [3.8, 4) is 0 Å². The standard InChI is InChI=1S/C11H16O/c1-2-5-12-8-11-7-9-3-4-10(11)6-9/h2-5,9-11H,6-8H2,1H3. The first-order chi connectivity index (χ1) is 5.90. The van der Waals surface area contributed by atoms with Crippen LogP contribution < -0.4 is 0 Å². The first-order valence-corrected chi connectivity index (χ1v) is 4.81. The average molecular weight is 164 g/mol. The molecule has 0 saturated heterocycles. The molecule has 66 valence electrons. The monoisotopic (exact) mass is 164 g/mol. The molecule has 0 aromatic rings. The summed E-state index contributed by atoms with van der Waals surface area (Å²) in [5, 5.41) is 0. The molecule has 1 nitrogen and oxygen atoms in total. The van der Waals surface area contributed by atoms with Crippen LogP contribution in [-0.4, -0.2) is 6.61 Å². The van der Waals surface area contributed by atoms with Crippen LogP contribution in [0, 0.1) is 17.8 Å². The van der Waals surface area contributed by atoms with Crippen LogP contribution >= 0.6 is 0 Å². The van der Waals surface area contributed by atoms with Gasteiger partial charge >= 0.3 is 0 Å². The smallest absolute Gasteiger partial charge is 0.0907 e. The van der Waals surface area contributed by atoms with Gasteiger partial charge in [0.05, 0.1) is 12.9 Å². The van der Waals surface area contributed by atoms with E-state index in [1.165, 1.54) is 12.8 Å². The number of hydrogen-bond donors (Lipinski definition) is 0. The Labute approximate surface area is 74.1 Å². The summed E-state index contributed by atoms with van der Waals surface area (Å²) in [6.45, 7) is 2.90. The Morgan fingerprint density at radius 1 is 1.42 bits per heavy atom. The fraction of sp³-hybridized carbons (Fsp3) is 0.636. The van der Waals surface area contributed by atoms with Crippen molar-refractivity contribution in [2.75, 3.05) is 6.61 Å². The molecular weight excluding hydrogens is 148 g/mol. The SMILES string of the molecule is CC=COCC1CC2C=CC1C2. The van der Waals surface area contributed by atoms with Gasteiger partial charge in [-0.05, 0) is 37.5 Å². The minimum Gasteiger partial charge on any atom is -0.501 e. The number of fused-ring (bicyclic) bond motifs is 2. The van der Waals surface area contributed by atoms with Gasteiger partial charge in [-0.15, -0.1) is 0 Å². The van der Waals surface area contributed by atoms with E-state index in [4.69, 9.17) is 4.74 Å². The summed E-state index contributed by atoms with van der Waals surface area (Å²) in [6, 6.07) is 0. The van der Waals surface area contributed by atoms with Gasteiger partial charge in [-0.3, -0.25) is 0 Å². The van der Waals surface area contributed by atoms with Crippen molar-refractivity contribution in [1.82, 2.24) is 0 Å². The van der Waals surface area contributed by atoms with Crippen molar-refractivity contribution in [2.45, 2.75) is 19.8 Å². The lowest BCUT2D eigenvalue weighted by Crippen LogP contribution is -2.12. The van der Waals surface area contributed by atoms with Crippen molar-refractivity contribution in [2.24, 2.45) is 17.8 Å². The lowest BCUT2D eigenvalue weighted by Gasteiger charge is -2.16. The Bertz CT molecular complexity index is 205. The molecule has 0 N–H and O–H groups in total. The Hall–Kier alpha value is -0.720. The topological polar surface area (TPSA) is 9.23 Å². The number of rotatable bonds is 3. The van der Waals surface area contributed by atoms with Gasteiger partial charge in [0.25, 0.3) is 0 Å². The maximum absolute atomic E-state index is 5.40. The van der Waals surface area contributed by atoms with Gasteiger partial charge in [-0.25, -0.2) is 0 Å². The predicted octanol–water partition coefficient (Wildman–Crippen LogP) is 2.75. The summed E-state index contributed by atoms with van der Waals surface area (Å²) < 4.78 is 5.40. The normalized spacial score (nSPS) is 38.2. The van der Waals surface area contributed by atoms with E-state index in [-0.39, 0.29) is 0 Å². The van der Waals surface area contributed by atoms with E-state index in [1.54, 1.807) is 6.26 Å². The molecule has 0 aromatic heterocycles. The first-order valence-electron chi connectivity index (χ1n) is 4.81. The molecule has 1 heteroatoms. The van der Waals surface area contributed by atoms with E-state index in [0.29, 0.717) is 0 Å². The molecule has 0 amide bonds. The summed E-state index contributed by atoms with van der Waals surface area (Å²) in [4.78, 5) is 0. The van der Waals surface area contributed by atoms with Crippen molar-refractivity contribution < 1.29 is 4.74 Å². The van der Waals surface area contributed by atoms with Gasteiger partial charge < -0.3 is 4.74 Å². The van der Waals surface area contributed by atoms with E-state index in [9.17, 15) is 0 Å². The zero-order chi connectivity index (χ0) is 8.39. The molecule has 0 aliphatic heterocycles. The average Bonchev–Trinajstić information content (AvgIpc) is 2.65. The zero-order valence-corrected chi connectivity index (χ0v) is 7.57. The highest BCUT2D eigenvalue weighted by atomic mass is 16.5. The number of ether oxygens (including phenoxy) is 1. The second-order valence-electron chi connectivity index (χ2n) is 3.84. The molecule has 0 heterocycles. The fourth-order valence-corrected chi connectivity index (χ4v) is 2.36. The molecule has 0 radical (unpaired) electrons. The second-order valence-corrected chi connectivity index (χ2v) is 3.84. The van der Waals surface area contributed by atoms with Gasteiger partial charge in [0.1, 0.15) is 0 Å². The van der Waals surface area contributed by atoms with Crippen LogP contribution in [0.1, 0.15) is 19.8 Å². The summed E-state index contributed by atoms with van der Waals surface area (Å²) in [5.41, 5.74) is 0. The third-order valence-electron chi connectivity index (χ3n) is 2.96. The molecule has 2 bridgehead atoms. The highest BCUT2D eigenvalue weighted by Crippen LogP contribution is 2.43. The van der Waals surface area contributed by atoms with Crippen LogP contribution in [0.4, 0.5) is 0 Å². The van der Waals surface area contributed by atoms with Crippen molar-refractivity contribution in [3.63, 3.8) is 0 Å². The largest absolute Gasteiger partial charge is 0.501 e. The quantitative estimate of drug-likeness (QED) is 0.460. The van der Waals surface area contributed by atoms with E-state index in [1.807, 2.05) is 13.0 Å². The minimum absolute atomic E-state index is 0.788. The molecule has 1 saturated carbocycles. The van der Waals surface area contributed by atoms with Gasteiger partial charge in [0.2, 0.25) is 0 Å².